The van der Waals surface area contributed by atoms with Gasteiger partial charge in [-0.3, -0.25) is 4.90 Å². The van der Waals surface area contributed by atoms with Crippen molar-refractivity contribution in [1.29, 1.82) is 0 Å². The molecular weight excluding hydrogens is 408 g/mol. The van der Waals surface area contributed by atoms with E-state index >= 15 is 0 Å². The van der Waals surface area contributed by atoms with Crippen molar-refractivity contribution in [1.82, 2.24) is 30.0 Å². The maximum absolute atomic E-state index is 11.9. The number of cyclic esters (lactones) is 1. The molecule has 1 N–H and O–H groups in total. The summed E-state index contributed by atoms with van der Waals surface area (Å²) in [5.74, 6) is 0.897. The summed E-state index contributed by atoms with van der Waals surface area (Å²) in [7, 11) is 1.56. The average molecular weight is 435 g/mol. The third-order valence-electron chi connectivity index (χ3n) is 6.14. The number of ether oxygens (including phenoxy) is 2. The first-order chi connectivity index (χ1) is 15.5. The van der Waals surface area contributed by atoms with Crippen molar-refractivity contribution in [2.24, 2.45) is 0 Å². The molecule has 5 rings (SSSR count). The molecule has 2 aliphatic rings. The van der Waals surface area contributed by atoms with Gasteiger partial charge in [-0.25, -0.2) is 19.4 Å². The van der Waals surface area contributed by atoms with Gasteiger partial charge in [-0.2, -0.15) is 5.10 Å². The summed E-state index contributed by atoms with van der Waals surface area (Å²) < 4.78 is 12.0. The maximum Gasteiger partial charge on any atom is 0.338 e. The zero-order valence-corrected chi connectivity index (χ0v) is 18.4. The van der Waals surface area contributed by atoms with Crippen LogP contribution in [0.15, 0.2) is 36.9 Å². The highest BCUT2D eigenvalue weighted by atomic mass is 16.5. The number of benzene rings is 1. The second-order valence-electron chi connectivity index (χ2n) is 8.41. The zero-order valence-electron chi connectivity index (χ0n) is 18.4. The lowest BCUT2D eigenvalue weighted by Gasteiger charge is -2.38. The lowest BCUT2D eigenvalue weighted by atomic mass is 9.92. The molecule has 32 heavy (non-hydrogen) atoms. The van der Waals surface area contributed by atoms with Crippen LogP contribution in [0.1, 0.15) is 45.6 Å². The predicted molar refractivity (Wildman–Crippen MR) is 117 cm³/mol. The number of methoxy groups -OCH3 is 1. The monoisotopic (exact) mass is 434 g/mol. The van der Waals surface area contributed by atoms with E-state index in [0.717, 1.165) is 36.3 Å². The first-order valence-electron chi connectivity index (χ1n) is 10.7. The van der Waals surface area contributed by atoms with Gasteiger partial charge >= 0.3 is 5.97 Å². The molecule has 9 heteroatoms. The van der Waals surface area contributed by atoms with Crippen LogP contribution in [0.25, 0.3) is 5.82 Å². The number of carbonyl (C=O) groups excluding carboxylic acids is 1. The first kappa shape index (κ1) is 20.6. The van der Waals surface area contributed by atoms with E-state index in [0.29, 0.717) is 29.9 Å². The van der Waals surface area contributed by atoms with Crippen LogP contribution in [-0.4, -0.2) is 56.9 Å². The molecule has 1 saturated heterocycles. The van der Waals surface area contributed by atoms with Gasteiger partial charge in [-0.05, 0) is 31.0 Å². The van der Waals surface area contributed by atoms with Crippen molar-refractivity contribution in [3.63, 3.8) is 0 Å². The van der Waals surface area contributed by atoms with Crippen molar-refractivity contribution in [3.05, 3.63) is 64.7 Å². The number of nitrogens with zero attached hydrogens (tertiary/aromatic N) is 5. The van der Waals surface area contributed by atoms with Gasteiger partial charge in [0, 0.05) is 49.0 Å². The smallest absolute Gasteiger partial charge is 0.338 e. The molecule has 1 aromatic carbocycles. The summed E-state index contributed by atoms with van der Waals surface area (Å²) in [5, 5.41) is 8.16. The van der Waals surface area contributed by atoms with E-state index in [1.54, 1.807) is 24.2 Å². The van der Waals surface area contributed by atoms with Crippen molar-refractivity contribution >= 4 is 5.97 Å². The minimum atomic E-state index is -0.222. The van der Waals surface area contributed by atoms with E-state index in [1.165, 1.54) is 5.56 Å². The number of hydrogen-bond donors (Lipinski definition) is 1. The Bertz CT molecular complexity index is 1140. The molecule has 0 unspecified atom stereocenters. The Balaban J connectivity index is 1.31. The molecule has 0 amide bonds. The number of esters is 1. The molecule has 2 aromatic heterocycles. The summed E-state index contributed by atoms with van der Waals surface area (Å²) in [6.45, 7) is 7.25. The SMILES string of the molecule is COc1cnc(-n2cc(CN3C[C@@H](c4ccc5c(c4C)COC5=O)N[C@@H](C)C3)cn2)cn1. The standard InChI is InChI=1S/C23H26N6O3/c1-14-9-28(10-16-6-26-29(11-16)21-7-25-22(31-3)8-24-21)12-20(27-14)17-4-5-18-19(15(17)2)13-32-23(18)30/h4-8,11,14,20,27H,9-10,12-13H2,1-3H3/t14-,20-/m0/s1. The lowest BCUT2D eigenvalue weighted by molar-refractivity contribution is 0.0535. The van der Waals surface area contributed by atoms with Crippen LogP contribution >= 0.6 is 0 Å². The highest BCUT2D eigenvalue weighted by molar-refractivity contribution is 5.94. The van der Waals surface area contributed by atoms with Gasteiger partial charge in [0.15, 0.2) is 5.82 Å². The van der Waals surface area contributed by atoms with Gasteiger partial charge in [0.2, 0.25) is 5.88 Å². The molecule has 3 aromatic rings. The summed E-state index contributed by atoms with van der Waals surface area (Å²) in [4.78, 5) is 22.9. The summed E-state index contributed by atoms with van der Waals surface area (Å²) in [6, 6.07) is 4.48. The highest BCUT2D eigenvalue weighted by Crippen LogP contribution is 2.31. The fraction of sp³-hybridized carbons (Fsp3) is 0.391. The van der Waals surface area contributed by atoms with Gasteiger partial charge in [-0.1, -0.05) is 6.07 Å². The second-order valence-corrected chi connectivity index (χ2v) is 8.41. The van der Waals surface area contributed by atoms with E-state index in [-0.39, 0.29) is 12.0 Å². The van der Waals surface area contributed by atoms with E-state index in [1.807, 2.05) is 18.5 Å². The number of fused-ring (bicyclic) bond motifs is 1. The Hall–Kier alpha value is -3.30. The van der Waals surface area contributed by atoms with Gasteiger partial charge in [0.05, 0.1) is 31.3 Å². The molecule has 4 heterocycles. The van der Waals surface area contributed by atoms with Crippen LogP contribution < -0.4 is 10.1 Å². The quantitative estimate of drug-likeness (QED) is 0.611. The normalized spacial score (nSPS) is 20.8. The summed E-state index contributed by atoms with van der Waals surface area (Å²) in [5.41, 5.74) is 5.19. The largest absolute Gasteiger partial charge is 0.480 e. The van der Waals surface area contributed by atoms with E-state index < -0.39 is 0 Å². The molecule has 2 atom stereocenters. The topological polar surface area (TPSA) is 94.4 Å². The molecule has 2 aliphatic heterocycles. The van der Waals surface area contributed by atoms with Crippen LogP contribution in [0.3, 0.4) is 0 Å². The van der Waals surface area contributed by atoms with Crippen LogP contribution in [0, 0.1) is 6.92 Å². The average Bonchev–Trinajstić information content (AvgIpc) is 3.41. The third kappa shape index (κ3) is 3.85. The van der Waals surface area contributed by atoms with Crippen molar-refractivity contribution in [2.45, 2.75) is 39.1 Å². The van der Waals surface area contributed by atoms with Crippen LogP contribution in [0.5, 0.6) is 5.88 Å². The van der Waals surface area contributed by atoms with Crippen LogP contribution in [0.4, 0.5) is 0 Å². The number of piperazine rings is 1. The van der Waals surface area contributed by atoms with Gasteiger partial charge in [-0.15, -0.1) is 0 Å². The molecule has 0 aliphatic carbocycles. The predicted octanol–water partition coefficient (Wildman–Crippen LogP) is 2.18. The van der Waals surface area contributed by atoms with E-state index in [2.05, 4.69) is 45.2 Å². The Morgan fingerprint density at radius 1 is 1.22 bits per heavy atom. The van der Waals surface area contributed by atoms with E-state index in [4.69, 9.17) is 9.47 Å². The van der Waals surface area contributed by atoms with E-state index in [9.17, 15) is 4.79 Å². The van der Waals surface area contributed by atoms with Gasteiger partial charge < -0.3 is 14.8 Å². The Kier molecular flexibility index (Phi) is 5.36. The number of rotatable bonds is 5. The number of carbonyl (C=O) groups is 1. The molecule has 0 saturated carbocycles. The minimum absolute atomic E-state index is 0.183. The summed E-state index contributed by atoms with van der Waals surface area (Å²) in [6.07, 6.45) is 7.08. The lowest BCUT2D eigenvalue weighted by Crippen LogP contribution is -2.50. The second kappa shape index (κ2) is 8.33. The zero-order chi connectivity index (χ0) is 22.2. The molecular formula is C23H26N6O3. The molecule has 166 valence electrons. The molecule has 9 nitrogen and oxygen atoms in total. The molecule has 1 fully saturated rings. The van der Waals surface area contributed by atoms with Gasteiger partial charge in [0.1, 0.15) is 6.61 Å². The van der Waals surface area contributed by atoms with Crippen molar-refractivity contribution in [3.8, 4) is 11.7 Å². The Morgan fingerprint density at radius 3 is 2.88 bits per heavy atom. The first-order valence-corrected chi connectivity index (χ1v) is 10.7. The molecule has 0 spiro atoms. The summed E-state index contributed by atoms with van der Waals surface area (Å²) >= 11 is 0. The van der Waals surface area contributed by atoms with Crippen molar-refractivity contribution < 1.29 is 14.3 Å². The number of nitrogens with one attached hydrogen (secondary N) is 1. The van der Waals surface area contributed by atoms with Gasteiger partial charge in [0.25, 0.3) is 0 Å². The molecule has 0 bridgehead atoms. The minimum Gasteiger partial charge on any atom is -0.480 e. The number of hydrogen-bond acceptors (Lipinski definition) is 8. The fourth-order valence-electron chi connectivity index (χ4n) is 4.59. The Morgan fingerprint density at radius 2 is 2.09 bits per heavy atom. The van der Waals surface area contributed by atoms with Crippen molar-refractivity contribution in [2.75, 3.05) is 20.2 Å². The highest BCUT2D eigenvalue weighted by Gasteiger charge is 2.30. The third-order valence-corrected chi connectivity index (χ3v) is 6.14. The fourth-order valence-corrected chi connectivity index (χ4v) is 4.59. The van der Waals surface area contributed by atoms with Crippen LogP contribution in [-0.2, 0) is 17.9 Å². The Labute approximate surface area is 186 Å². The number of aromatic nitrogens is 4. The maximum atomic E-state index is 11.9. The van der Waals surface area contributed by atoms with Crippen LogP contribution in [0.2, 0.25) is 0 Å². The molecule has 0 radical (unpaired) electrons.